The first-order chi connectivity index (χ1) is 13.2. The molecule has 146 valence electrons. The summed E-state index contributed by atoms with van der Waals surface area (Å²) in [7, 11) is -3.74. The number of benzene rings is 1. The van der Waals surface area contributed by atoms with Gasteiger partial charge in [-0.1, -0.05) is 32.9 Å². The number of nitrogens with one attached hydrogen (secondary N) is 1. The van der Waals surface area contributed by atoms with Crippen molar-refractivity contribution in [1.29, 1.82) is 0 Å². The Kier molecular flexibility index (Phi) is 4.50. The molecular formula is C21H24N4O2S. The number of aryl methyl sites for hydroxylation is 2. The van der Waals surface area contributed by atoms with Crippen LogP contribution in [0.1, 0.15) is 44.0 Å². The van der Waals surface area contributed by atoms with Gasteiger partial charge in [-0.15, -0.1) is 0 Å². The van der Waals surface area contributed by atoms with Gasteiger partial charge in [0.25, 0.3) is 10.0 Å². The van der Waals surface area contributed by atoms with Crippen LogP contribution in [0.4, 0.5) is 5.82 Å². The molecule has 0 radical (unpaired) electrons. The van der Waals surface area contributed by atoms with E-state index < -0.39 is 10.0 Å². The zero-order chi connectivity index (χ0) is 19.9. The minimum absolute atomic E-state index is 0.228. The third-order valence-corrected chi connectivity index (χ3v) is 6.32. The number of pyridine rings is 1. The molecule has 2 aromatic heterocycles. The minimum atomic E-state index is -3.74. The highest BCUT2D eigenvalue weighted by molar-refractivity contribution is 7.92. The lowest BCUT2D eigenvalue weighted by atomic mass is 9.92. The second-order valence-corrected chi connectivity index (χ2v) is 9.84. The van der Waals surface area contributed by atoms with Gasteiger partial charge in [0.1, 0.15) is 5.82 Å². The minimum Gasteiger partial charge on any atom is -0.263 e. The van der Waals surface area contributed by atoms with E-state index in [-0.39, 0.29) is 10.3 Å². The first-order valence-corrected chi connectivity index (χ1v) is 10.9. The normalized spacial score (nSPS) is 14.1. The molecule has 0 amide bonds. The predicted molar refractivity (Wildman–Crippen MR) is 109 cm³/mol. The Morgan fingerprint density at radius 3 is 2.54 bits per heavy atom. The van der Waals surface area contributed by atoms with Crippen molar-refractivity contribution in [2.75, 3.05) is 4.72 Å². The Morgan fingerprint density at radius 1 is 1.04 bits per heavy atom. The van der Waals surface area contributed by atoms with Crippen molar-refractivity contribution in [2.45, 2.75) is 50.3 Å². The van der Waals surface area contributed by atoms with Gasteiger partial charge in [-0.25, -0.2) is 13.4 Å². The van der Waals surface area contributed by atoms with Crippen LogP contribution in [0.3, 0.4) is 0 Å². The van der Waals surface area contributed by atoms with Crippen LogP contribution in [0.5, 0.6) is 0 Å². The highest BCUT2D eigenvalue weighted by Gasteiger charge is 2.25. The quantitative estimate of drug-likeness (QED) is 0.727. The summed E-state index contributed by atoms with van der Waals surface area (Å²) in [5.74, 6) is 0.939. The molecule has 0 atom stereocenters. The molecule has 0 aliphatic heterocycles. The molecule has 28 heavy (non-hydrogen) atoms. The summed E-state index contributed by atoms with van der Waals surface area (Å²) in [5, 5.41) is 4.61. The van der Waals surface area contributed by atoms with Crippen LogP contribution in [0, 0.1) is 0 Å². The number of hydrogen-bond acceptors (Lipinski definition) is 4. The standard InChI is InChI=1S/C21H24N4O2S/c1-21(2,3)18-14-20(25(23-18)19-9-4-5-12-22-19)24-28(26,27)17-11-10-15-7-6-8-16(15)13-17/h4-5,9-14,24H,6-8H2,1-3H3. The van der Waals surface area contributed by atoms with E-state index >= 15 is 0 Å². The molecule has 6 nitrogen and oxygen atoms in total. The van der Waals surface area contributed by atoms with E-state index in [0.717, 1.165) is 30.5 Å². The van der Waals surface area contributed by atoms with Gasteiger partial charge in [-0.05, 0) is 54.7 Å². The van der Waals surface area contributed by atoms with Gasteiger partial charge < -0.3 is 0 Å². The summed E-state index contributed by atoms with van der Waals surface area (Å²) < 4.78 is 30.4. The Labute approximate surface area is 165 Å². The van der Waals surface area contributed by atoms with Crippen molar-refractivity contribution < 1.29 is 8.42 Å². The van der Waals surface area contributed by atoms with Crippen LogP contribution in [-0.2, 0) is 28.3 Å². The van der Waals surface area contributed by atoms with Gasteiger partial charge in [0.05, 0.1) is 10.6 Å². The number of sulfonamides is 1. The van der Waals surface area contributed by atoms with Crippen LogP contribution in [-0.4, -0.2) is 23.2 Å². The second kappa shape index (κ2) is 6.74. The lowest BCUT2D eigenvalue weighted by molar-refractivity contribution is 0.559. The van der Waals surface area contributed by atoms with Crippen LogP contribution >= 0.6 is 0 Å². The average molecular weight is 397 g/mol. The summed E-state index contributed by atoms with van der Waals surface area (Å²) in [4.78, 5) is 4.60. The van der Waals surface area contributed by atoms with Crippen molar-refractivity contribution in [3.05, 3.63) is 65.5 Å². The maximum absolute atomic E-state index is 13.1. The third kappa shape index (κ3) is 3.54. The van der Waals surface area contributed by atoms with E-state index in [1.54, 1.807) is 35.1 Å². The van der Waals surface area contributed by atoms with Crippen molar-refractivity contribution in [3.8, 4) is 5.82 Å². The maximum atomic E-state index is 13.1. The molecule has 1 aliphatic rings. The number of hydrogen-bond donors (Lipinski definition) is 1. The van der Waals surface area contributed by atoms with Crippen molar-refractivity contribution >= 4 is 15.8 Å². The summed E-state index contributed by atoms with van der Waals surface area (Å²) >= 11 is 0. The Hall–Kier alpha value is -2.67. The largest absolute Gasteiger partial charge is 0.263 e. The average Bonchev–Trinajstić information content (AvgIpc) is 3.28. The molecule has 0 spiro atoms. The summed E-state index contributed by atoms with van der Waals surface area (Å²) in [6, 6.07) is 12.6. The highest BCUT2D eigenvalue weighted by Crippen LogP contribution is 2.29. The molecule has 2 heterocycles. The van der Waals surface area contributed by atoms with Crippen LogP contribution in [0.2, 0.25) is 0 Å². The van der Waals surface area contributed by atoms with Crippen molar-refractivity contribution in [1.82, 2.24) is 14.8 Å². The third-order valence-electron chi connectivity index (χ3n) is 4.96. The van der Waals surface area contributed by atoms with E-state index in [9.17, 15) is 8.42 Å². The SMILES string of the molecule is CC(C)(C)c1cc(NS(=O)(=O)c2ccc3c(c2)CCC3)n(-c2ccccn2)n1. The van der Waals surface area contributed by atoms with Gasteiger partial charge in [0.2, 0.25) is 0 Å². The first-order valence-electron chi connectivity index (χ1n) is 9.41. The summed E-state index contributed by atoms with van der Waals surface area (Å²) in [6.07, 6.45) is 4.68. The first kappa shape index (κ1) is 18.7. The number of nitrogens with zero attached hydrogens (tertiary/aromatic N) is 3. The van der Waals surface area contributed by atoms with Crippen molar-refractivity contribution in [3.63, 3.8) is 0 Å². The molecule has 1 aromatic carbocycles. The number of anilines is 1. The van der Waals surface area contributed by atoms with E-state index in [4.69, 9.17) is 0 Å². The van der Waals surface area contributed by atoms with Gasteiger partial charge in [0, 0.05) is 17.7 Å². The zero-order valence-electron chi connectivity index (χ0n) is 16.3. The maximum Gasteiger partial charge on any atom is 0.263 e. The number of aromatic nitrogens is 3. The molecular weight excluding hydrogens is 372 g/mol. The summed E-state index contributed by atoms with van der Waals surface area (Å²) in [6.45, 7) is 6.12. The van der Waals surface area contributed by atoms with E-state index in [2.05, 4.69) is 14.8 Å². The van der Waals surface area contributed by atoms with Crippen LogP contribution in [0.25, 0.3) is 5.82 Å². The molecule has 1 aliphatic carbocycles. The number of rotatable bonds is 4. The lowest BCUT2D eigenvalue weighted by Crippen LogP contribution is -2.16. The fraction of sp³-hybridized carbons (Fsp3) is 0.333. The molecule has 0 unspecified atom stereocenters. The fourth-order valence-corrected chi connectivity index (χ4v) is 4.47. The lowest BCUT2D eigenvalue weighted by Gasteiger charge is -2.13. The number of fused-ring (bicyclic) bond motifs is 1. The molecule has 0 bridgehead atoms. The second-order valence-electron chi connectivity index (χ2n) is 8.15. The monoisotopic (exact) mass is 396 g/mol. The van der Waals surface area contributed by atoms with Crippen LogP contribution in [0.15, 0.2) is 53.6 Å². The molecule has 0 fully saturated rings. The van der Waals surface area contributed by atoms with E-state index in [0.29, 0.717) is 11.6 Å². The molecule has 0 saturated heterocycles. The van der Waals surface area contributed by atoms with Crippen molar-refractivity contribution in [2.24, 2.45) is 0 Å². The van der Waals surface area contributed by atoms with E-state index in [1.807, 2.05) is 39.0 Å². The highest BCUT2D eigenvalue weighted by atomic mass is 32.2. The molecule has 1 N–H and O–H groups in total. The van der Waals surface area contributed by atoms with Gasteiger partial charge in [0.15, 0.2) is 5.82 Å². The Morgan fingerprint density at radius 2 is 1.82 bits per heavy atom. The Balaban J connectivity index is 1.75. The van der Waals surface area contributed by atoms with Gasteiger partial charge >= 0.3 is 0 Å². The molecule has 4 rings (SSSR count). The van der Waals surface area contributed by atoms with Gasteiger partial charge in [-0.3, -0.25) is 4.72 Å². The van der Waals surface area contributed by atoms with Gasteiger partial charge in [-0.2, -0.15) is 9.78 Å². The molecule has 7 heteroatoms. The van der Waals surface area contributed by atoms with E-state index in [1.165, 1.54) is 5.56 Å². The fourth-order valence-electron chi connectivity index (χ4n) is 3.39. The molecule has 0 saturated carbocycles. The topological polar surface area (TPSA) is 76.9 Å². The summed E-state index contributed by atoms with van der Waals surface area (Å²) in [5.41, 5.74) is 2.92. The molecule has 3 aromatic rings. The Bertz CT molecular complexity index is 1110. The van der Waals surface area contributed by atoms with Crippen LogP contribution < -0.4 is 4.72 Å². The zero-order valence-corrected chi connectivity index (χ0v) is 17.1. The predicted octanol–water partition coefficient (Wildman–Crippen LogP) is 3.85. The smallest absolute Gasteiger partial charge is 0.263 e.